The van der Waals surface area contributed by atoms with Gasteiger partial charge in [-0.25, -0.2) is 0 Å². The van der Waals surface area contributed by atoms with Gasteiger partial charge in [0.1, 0.15) is 0 Å². The summed E-state index contributed by atoms with van der Waals surface area (Å²) in [6.07, 6.45) is 11.8. The van der Waals surface area contributed by atoms with Gasteiger partial charge in [0.15, 0.2) is 11.6 Å². The SMILES string of the molecule is CC(=O)C1=CCC2C1CCC1C2CCC2=CC(=O)CCC21C. The quantitative estimate of drug-likeness (QED) is 0.725. The number of hydrogen-bond acceptors (Lipinski definition) is 2. The molecule has 2 fully saturated rings. The Labute approximate surface area is 133 Å². The van der Waals surface area contributed by atoms with Crippen LogP contribution in [0, 0.1) is 29.1 Å². The molecule has 2 saturated carbocycles. The van der Waals surface area contributed by atoms with Crippen LogP contribution in [-0.2, 0) is 9.59 Å². The van der Waals surface area contributed by atoms with E-state index in [9.17, 15) is 9.59 Å². The fourth-order valence-corrected chi connectivity index (χ4v) is 6.21. The van der Waals surface area contributed by atoms with Crippen molar-refractivity contribution in [1.29, 1.82) is 0 Å². The number of ketones is 2. The van der Waals surface area contributed by atoms with Gasteiger partial charge in [0, 0.05) is 6.42 Å². The molecule has 0 aromatic carbocycles. The third-order valence-corrected chi connectivity index (χ3v) is 7.31. The van der Waals surface area contributed by atoms with Crippen molar-refractivity contribution in [3.05, 3.63) is 23.3 Å². The average Bonchev–Trinajstić information content (AvgIpc) is 2.92. The van der Waals surface area contributed by atoms with Crippen molar-refractivity contribution < 1.29 is 9.59 Å². The van der Waals surface area contributed by atoms with Crippen LogP contribution in [0.15, 0.2) is 23.3 Å². The molecule has 4 aliphatic carbocycles. The molecular formula is C20H26O2. The lowest BCUT2D eigenvalue weighted by Gasteiger charge is -2.55. The highest BCUT2D eigenvalue weighted by Gasteiger charge is 2.53. The van der Waals surface area contributed by atoms with Crippen molar-refractivity contribution in [2.45, 2.75) is 58.8 Å². The van der Waals surface area contributed by atoms with Crippen LogP contribution >= 0.6 is 0 Å². The molecule has 5 atom stereocenters. The fraction of sp³-hybridized carbons (Fsp3) is 0.700. The van der Waals surface area contributed by atoms with E-state index < -0.39 is 0 Å². The predicted octanol–water partition coefficient (Wildman–Crippen LogP) is 4.25. The van der Waals surface area contributed by atoms with E-state index in [1.54, 1.807) is 6.92 Å². The first-order valence-electron chi connectivity index (χ1n) is 8.95. The van der Waals surface area contributed by atoms with E-state index in [1.807, 2.05) is 6.08 Å². The van der Waals surface area contributed by atoms with E-state index in [4.69, 9.17) is 0 Å². The van der Waals surface area contributed by atoms with Crippen molar-refractivity contribution in [3.63, 3.8) is 0 Å². The van der Waals surface area contributed by atoms with Crippen LogP contribution in [-0.4, -0.2) is 11.6 Å². The Hall–Kier alpha value is -1.18. The van der Waals surface area contributed by atoms with Crippen LogP contribution in [0.4, 0.5) is 0 Å². The molecule has 0 aliphatic heterocycles. The molecule has 2 nitrogen and oxygen atoms in total. The van der Waals surface area contributed by atoms with Gasteiger partial charge < -0.3 is 0 Å². The number of allylic oxidation sites excluding steroid dienone is 4. The maximum absolute atomic E-state index is 11.9. The Morgan fingerprint density at radius 1 is 1.18 bits per heavy atom. The average molecular weight is 298 g/mol. The van der Waals surface area contributed by atoms with Crippen molar-refractivity contribution in [1.82, 2.24) is 0 Å². The van der Waals surface area contributed by atoms with Crippen molar-refractivity contribution in [3.8, 4) is 0 Å². The summed E-state index contributed by atoms with van der Waals surface area (Å²) >= 11 is 0. The summed E-state index contributed by atoms with van der Waals surface area (Å²) in [7, 11) is 0. The van der Waals surface area contributed by atoms with Gasteiger partial charge in [-0.3, -0.25) is 9.59 Å². The van der Waals surface area contributed by atoms with Gasteiger partial charge in [-0.1, -0.05) is 18.6 Å². The van der Waals surface area contributed by atoms with E-state index in [0.29, 0.717) is 17.6 Å². The lowest BCUT2D eigenvalue weighted by Crippen LogP contribution is -2.47. The minimum absolute atomic E-state index is 0.251. The smallest absolute Gasteiger partial charge is 0.155 e. The zero-order valence-corrected chi connectivity index (χ0v) is 13.7. The first-order chi connectivity index (χ1) is 10.5. The molecule has 4 rings (SSSR count). The highest BCUT2D eigenvalue weighted by molar-refractivity contribution is 5.94. The van der Waals surface area contributed by atoms with Crippen molar-refractivity contribution in [2.24, 2.45) is 29.1 Å². The lowest BCUT2D eigenvalue weighted by atomic mass is 9.49. The topological polar surface area (TPSA) is 34.1 Å². The number of carbonyl (C=O) groups excluding carboxylic acids is 2. The monoisotopic (exact) mass is 298 g/mol. The zero-order chi connectivity index (χ0) is 15.5. The van der Waals surface area contributed by atoms with Gasteiger partial charge in [0.2, 0.25) is 0 Å². The second-order valence-electron chi connectivity index (χ2n) is 8.16. The molecule has 0 amide bonds. The Bertz CT molecular complexity index is 597. The van der Waals surface area contributed by atoms with Gasteiger partial charge >= 0.3 is 0 Å². The molecule has 118 valence electrons. The number of carbonyl (C=O) groups is 2. The molecule has 0 bridgehead atoms. The maximum atomic E-state index is 11.9. The molecule has 0 N–H and O–H groups in total. The van der Waals surface area contributed by atoms with E-state index in [0.717, 1.165) is 43.1 Å². The van der Waals surface area contributed by atoms with Gasteiger partial charge in [0.25, 0.3) is 0 Å². The summed E-state index contributed by atoms with van der Waals surface area (Å²) in [4.78, 5) is 23.7. The number of rotatable bonds is 1. The van der Waals surface area contributed by atoms with Crippen LogP contribution in [0.25, 0.3) is 0 Å². The number of hydrogen-bond donors (Lipinski definition) is 0. The minimum Gasteiger partial charge on any atom is -0.295 e. The van der Waals surface area contributed by atoms with E-state index in [-0.39, 0.29) is 11.2 Å². The molecule has 0 radical (unpaired) electrons. The second-order valence-corrected chi connectivity index (χ2v) is 8.16. The summed E-state index contributed by atoms with van der Waals surface area (Å²) in [5.41, 5.74) is 2.80. The summed E-state index contributed by atoms with van der Waals surface area (Å²) in [5.74, 6) is 3.31. The van der Waals surface area contributed by atoms with Crippen molar-refractivity contribution >= 4 is 11.6 Å². The third kappa shape index (κ3) is 1.92. The molecule has 22 heavy (non-hydrogen) atoms. The Kier molecular flexibility index (Phi) is 3.22. The van der Waals surface area contributed by atoms with E-state index in [1.165, 1.54) is 24.8 Å². The van der Waals surface area contributed by atoms with Gasteiger partial charge in [-0.15, -0.1) is 0 Å². The zero-order valence-electron chi connectivity index (χ0n) is 13.7. The highest BCUT2D eigenvalue weighted by Crippen LogP contribution is 2.61. The highest BCUT2D eigenvalue weighted by atomic mass is 16.1. The van der Waals surface area contributed by atoms with Gasteiger partial charge in [-0.05, 0) is 86.2 Å². The fourth-order valence-electron chi connectivity index (χ4n) is 6.21. The third-order valence-electron chi connectivity index (χ3n) is 7.31. The summed E-state index contributed by atoms with van der Waals surface area (Å²) in [6, 6.07) is 0. The van der Waals surface area contributed by atoms with Crippen LogP contribution in [0.2, 0.25) is 0 Å². The molecule has 0 aromatic heterocycles. The number of fused-ring (bicyclic) bond motifs is 5. The Morgan fingerprint density at radius 3 is 2.77 bits per heavy atom. The van der Waals surface area contributed by atoms with Gasteiger partial charge in [-0.2, -0.15) is 0 Å². The van der Waals surface area contributed by atoms with Gasteiger partial charge in [0.05, 0.1) is 0 Å². The summed E-state index contributed by atoms with van der Waals surface area (Å²) in [5, 5.41) is 0. The first-order valence-corrected chi connectivity index (χ1v) is 8.95. The molecule has 5 unspecified atom stereocenters. The Balaban J connectivity index is 1.63. The van der Waals surface area contributed by atoms with Crippen LogP contribution in [0.1, 0.15) is 58.8 Å². The van der Waals surface area contributed by atoms with Crippen LogP contribution < -0.4 is 0 Å². The summed E-state index contributed by atoms with van der Waals surface area (Å²) in [6.45, 7) is 4.15. The lowest BCUT2D eigenvalue weighted by molar-refractivity contribution is -0.117. The minimum atomic E-state index is 0.251. The molecule has 2 heteroatoms. The molecule has 0 heterocycles. The first kappa shape index (κ1) is 14.4. The van der Waals surface area contributed by atoms with Crippen molar-refractivity contribution in [2.75, 3.05) is 0 Å². The molecule has 0 spiro atoms. The molecule has 0 aromatic rings. The number of Topliss-reactive ketones (excluding diaryl/α,β-unsaturated/α-hetero) is 1. The van der Waals surface area contributed by atoms with Crippen LogP contribution in [0.3, 0.4) is 0 Å². The van der Waals surface area contributed by atoms with E-state index in [2.05, 4.69) is 13.0 Å². The Morgan fingerprint density at radius 2 is 2.00 bits per heavy atom. The van der Waals surface area contributed by atoms with Crippen LogP contribution in [0.5, 0.6) is 0 Å². The maximum Gasteiger partial charge on any atom is 0.155 e. The molecule has 4 aliphatic rings. The molecule has 0 saturated heterocycles. The normalized spacial score (nSPS) is 43.6. The van der Waals surface area contributed by atoms with E-state index >= 15 is 0 Å². The standard InChI is InChI=1S/C20H26O2/c1-12(21)15-5-6-17-16(15)7-8-19-18(17)4-3-13-11-14(22)9-10-20(13,19)2/h5,11,16-19H,3-4,6-10H2,1-2H3. The largest absolute Gasteiger partial charge is 0.295 e. The summed E-state index contributed by atoms with van der Waals surface area (Å²) < 4.78 is 0. The predicted molar refractivity (Wildman–Crippen MR) is 86.2 cm³/mol. The second kappa shape index (κ2) is 4.91. The molecular weight excluding hydrogens is 272 g/mol.